The number of amides is 1. The summed E-state index contributed by atoms with van der Waals surface area (Å²) in [6.45, 7) is 2.58. The van der Waals surface area contributed by atoms with Gasteiger partial charge in [0.05, 0.1) is 10.9 Å². The van der Waals surface area contributed by atoms with Crippen molar-refractivity contribution in [3.8, 4) is 0 Å². The van der Waals surface area contributed by atoms with Crippen molar-refractivity contribution in [1.29, 1.82) is 0 Å². The molecule has 0 spiro atoms. The first-order valence-corrected chi connectivity index (χ1v) is 9.52. The summed E-state index contributed by atoms with van der Waals surface area (Å²) in [6, 6.07) is 6.35. The summed E-state index contributed by atoms with van der Waals surface area (Å²) in [7, 11) is 0. The first-order chi connectivity index (χ1) is 13.0. The molecule has 3 heterocycles. The molecule has 0 bridgehead atoms. The summed E-state index contributed by atoms with van der Waals surface area (Å²) in [4.78, 5) is 35.8. The summed E-state index contributed by atoms with van der Waals surface area (Å²) in [5.41, 5.74) is 1.49. The Morgan fingerprint density at radius 1 is 1.30 bits per heavy atom. The van der Waals surface area contributed by atoms with Crippen molar-refractivity contribution in [3.63, 3.8) is 0 Å². The van der Waals surface area contributed by atoms with E-state index >= 15 is 0 Å². The maximum atomic E-state index is 13.0. The third-order valence-corrected chi connectivity index (χ3v) is 5.63. The highest BCUT2D eigenvalue weighted by Crippen LogP contribution is 2.32. The van der Waals surface area contributed by atoms with Gasteiger partial charge in [0.25, 0.3) is 0 Å². The van der Waals surface area contributed by atoms with Gasteiger partial charge in [-0.05, 0) is 48.9 Å². The average Bonchev–Trinajstić information content (AvgIpc) is 3.32. The van der Waals surface area contributed by atoms with E-state index in [1.165, 1.54) is 18.5 Å². The fourth-order valence-electron chi connectivity index (χ4n) is 3.40. The highest BCUT2D eigenvalue weighted by atomic mass is 32.1. The molecule has 138 valence electrons. The van der Waals surface area contributed by atoms with Gasteiger partial charge in [0.1, 0.15) is 23.0 Å². The summed E-state index contributed by atoms with van der Waals surface area (Å²) >= 11 is 1.54. The van der Waals surface area contributed by atoms with Crippen LogP contribution in [-0.2, 0) is 4.79 Å². The van der Waals surface area contributed by atoms with Gasteiger partial charge in [-0.1, -0.05) is 6.07 Å². The number of hydrogen-bond donors (Lipinski definition) is 2. The average molecular weight is 382 g/mol. The SMILES string of the molecule is Cc1ccc(C(=O)O)cc1NC(=O)C1CCCN1c1ncnc2sccc12. The molecule has 2 aromatic heterocycles. The number of thiophene rings is 1. The molecule has 1 aromatic carbocycles. The van der Waals surface area contributed by atoms with Crippen molar-refractivity contribution >= 4 is 44.9 Å². The van der Waals surface area contributed by atoms with Crippen molar-refractivity contribution in [3.05, 3.63) is 47.1 Å². The van der Waals surface area contributed by atoms with E-state index in [1.54, 1.807) is 17.4 Å². The molecule has 1 unspecified atom stereocenters. The van der Waals surface area contributed by atoms with E-state index in [4.69, 9.17) is 0 Å². The summed E-state index contributed by atoms with van der Waals surface area (Å²) in [6.07, 6.45) is 3.14. The number of carbonyl (C=O) groups is 2. The zero-order chi connectivity index (χ0) is 19.0. The number of carbonyl (C=O) groups excluding carboxylic acids is 1. The highest BCUT2D eigenvalue weighted by molar-refractivity contribution is 7.16. The van der Waals surface area contributed by atoms with Crippen molar-refractivity contribution in [2.75, 3.05) is 16.8 Å². The second kappa shape index (κ2) is 6.96. The first-order valence-electron chi connectivity index (χ1n) is 8.64. The molecule has 1 amide bonds. The Hall–Kier alpha value is -3.00. The number of nitrogens with one attached hydrogen (secondary N) is 1. The van der Waals surface area contributed by atoms with Crippen LogP contribution in [0.15, 0.2) is 36.0 Å². The number of rotatable bonds is 4. The zero-order valence-corrected chi connectivity index (χ0v) is 15.5. The minimum Gasteiger partial charge on any atom is -0.478 e. The molecule has 7 nitrogen and oxygen atoms in total. The predicted molar refractivity (Wildman–Crippen MR) is 105 cm³/mol. The summed E-state index contributed by atoms with van der Waals surface area (Å²) < 4.78 is 0. The smallest absolute Gasteiger partial charge is 0.335 e. The molecule has 0 aliphatic carbocycles. The highest BCUT2D eigenvalue weighted by Gasteiger charge is 2.33. The molecule has 1 fully saturated rings. The topological polar surface area (TPSA) is 95.4 Å². The van der Waals surface area contributed by atoms with Gasteiger partial charge in [-0.15, -0.1) is 11.3 Å². The van der Waals surface area contributed by atoms with Crippen molar-refractivity contribution in [1.82, 2.24) is 9.97 Å². The number of carboxylic acids is 1. The van der Waals surface area contributed by atoms with Crippen molar-refractivity contribution < 1.29 is 14.7 Å². The molecule has 1 atom stereocenters. The molecule has 4 rings (SSSR count). The Labute approximate surface area is 159 Å². The molecular weight excluding hydrogens is 364 g/mol. The van der Waals surface area contributed by atoms with Gasteiger partial charge in [0.15, 0.2) is 0 Å². The van der Waals surface area contributed by atoms with E-state index in [2.05, 4.69) is 15.3 Å². The normalized spacial score (nSPS) is 16.6. The fraction of sp³-hybridized carbons (Fsp3) is 0.263. The minimum absolute atomic E-state index is 0.148. The Morgan fingerprint density at radius 2 is 2.15 bits per heavy atom. The van der Waals surface area contributed by atoms with Crippen LogP contribution in [0.4, 0.5) is 11.5 Å². The molecule has 27 heavy (non-hydrogen) atoms. The van der Waals surface area contributed by atoms with Crippen LogP contribution >= 0.6 is 11.3 Å². The van der Waals surface area contributed by atoms with Gasteiger partial charge in [0.2, 0.25) is 5.91 Å². The quantitative estimate of drug-likeness (QED) is 0.719. The van der Waals surface area contributed by atoms with E-state index in [0.717, 1.165) is 41.0 Å². The van der Waals surface area contributed by atoms with Gasteiger partial charge in [-0.2, -0.15) is 0 Å². The van der Waals surface area contributed by atoms with Gasteiger partial charge in [-0.25, -0.2) is 14.8 Å². The van der Waals surface area contributed by atoms with Crippen molar-refractivity contribution in [2.45, 2.75) is 25.8 Å². The minimum atomic E-state index is -1.02. The van der Waals surface area contributed by atoms with Crippen LogP contribution < -0.4 is 10.2 Å². The Balaban J connectivity index is 1.61. The summed E-state index contributed by atoms with van der Waals surface area (Å²) in [5.74, 6) is -0.399. The van der Waals surface area contributed by atoms with Crippen LogP contribution in [0.1, 0.15) is 28.8 Å². The van der Waals surface area contributed by atoms with Gasteiger partial charge in [-0.3, -0.25) is 4.79 Å². The molecule has 0 radical (unpaired) electrons. The standard InChI is InChI=1S/C19H18N4O3S/c1-11-4-5-12(19(25)26)9-14(11)22-17(24)15-3-2-7-23(15)16-13-6-8-27-18(13)21-10-20-16/h4-6,8-10,15H,2-3,7H2,1H3,(H,22,24)(H,25,26). The second-order valence-corrected chi connectivity index (χ2v) is 7.41. The monoisotopic (exact) mass is 382 g/mol. The Kier molecular flexibility index (Phi) is 4.49. The lowest BCUT2D eigenvalue weighted by Crippen LogP contribution is -2.40. The molecular formula is C19H18N4O3S. The lowest BCUT2D eigenvalue weighted by molar-refractivity contribution is -0.117. The zero-order valence-electron chi connectivity index (χ0n) is 14.7. The molecule has 3 aromatic rings. The van der Waals surface area contributed by atoms with Crippen LogP contribution in [0.25, 0.3) is 10.2 Å². The van der Waals surface area contributed by atoms with E-state index in [9.17, 15) is 14.7 Å². The molecule has 1 aliphatic rings. The van der Waals surface area contributed by atoms with E-state index < -0.39 is 5.97 Å². The predicted octanol–water partition coefficient (Wildman–Crippen LogP) is 3.31. The van der Waals surface area contributed by atoms with Crippen molar-refractivity contribution in [2.24, 2.45) is 0 Å². The number of aromatic nitrogens is 2. The molecule has 1 saturated heterocycles. The lowest BCUT2D eigenvalue weighted by atomic mass is 10.1. The number of hydrogen-bond acceptors (Lipinski definition) is 6. The van der Waals surface area contributed by atoms with Crippen LogP contribution in [0.2, 0.25) is 0 Å². The maximum absolute atomic E-state index is 13.0. The number of nitrogens with zero attached hydrogens (tertiary/aromatic N) is 3. The van der Waals surface area contributed by atoms with Crippen LogP contribution in [0.3, 0.4) is 0 Å². The van der Waals surface area contributed by atoms with Crippen LogP contribution in [0.5, 0.6) is 0 Å². The molecule has 1 aliphatic heterocycles. The van der Waals surface area contributed by atoms with E-state index in [1.807, 2.05) is 23.3 Å². The number of aromatic carboxylic acids is 1. The van der Waals surface area contributed by atoms with E-state index in [0.29, 0.717) is 5.69 Å². The van der Waals surface area contributed by atoms with Gasteiger partial charge >= 0.3 is 5.97 Å². The molecule has 8 heteroatoms. The third kappa shape index (κ3) is 3.23. The first kappa shape index (κ1) is 17.4. The number of anilines is 2. The van der Waals surface area contributed by atoms with Crippen LogP contribution in [-0.4, -0.2) is 39.5 Å². The summed E-state index contributed by atoms with van der Waals surface area (Å²) in [5, 5.41) is 15.0. The number of carboxylic acid groups (broad SMARTS) is 1. The van der Waals surface area contributed by atoms with E-state index in [-0.39, 0.29) is 17.5 Å². The number of benzene rings is 1. The molecule has 0 saturated carbocycles. The van der Waals surface area contributed by atoms with Gasteiger partial charge in [0, 0.05) is 12.2 Å². The lowest BCUT2D eigenvalue weighted by Gasteiger charge is -2.25. The maximum Gasteiger partial charge on any atom is 0.335 e. The van der Waals surface area contributed by atoms with Gasteiger partial charge < -0.3 is 15.3 Å². The van der Waals surface area contributed by atoms with Crippen LogP contribution in [0, 0.1) is 6.92 Å². The number of aryl methyl sites for hydroxylation is 1. The molecule has 2 N–H and O–H groups in total. The fourth-order valence-corrected chi connectivity index (χ4v) is 4.13. The Bertz CT molecular complexity index is 1030. The third-order valence-electron chi connectivity index (χ3n) is 4.81. The second-order valence-electron chi connectivity index (χ2n) is 6.51. The number of fused-ring (bicyclic) bond motifs is 1. The largest absolute Gasteiger partial charge is 0.478 e. The Morgan fingerprint density at radius 3 is 2.96 bits per heavy atom.